The fourth-order valence-corrected chi connectivity index (χ4v) is 3.28. The van der Waals surface area contributed by atoms with E-state index in [2.05, 4.69) is 10.4 Å². The number of ether oxygens (including phenoxy) is 1. The van der Waals surface area contributed by atoms with Gasteiger partial charge in [0.25, 0.3) is 5.56 Å². The van der Waals surface area contributed by atoms with Gasteiger partial charge in [0.05, 0.1) is 12.0 Å². The lowest BCUT2D eigenvalue weighted by atomic mass is 10.2. The quantitative estimate of drug-likeness (QED) is 0.695. The van der Waals surface area contributed by atoms with Gasteiger partial charge in [0.1, 0.15) is 18.3 Å². The highest BCUT2D eigenvalue weighted by molar-refractivity contribution is 7.98. The van der Waals surface area contributed by atoms with E-state index in [0.717, 1.165) is 9.56 Å². The van der Waals surface area contributed by atoms with Gasteiger partial charge in [-0.25, -0.2) is 9.48 Å². The molecule has 1 atom stereocenters. The van der Waals surface area contributed by atoms with Gasteiger partial charge in [-0.3, -0.25) is 9.59 Å². The van der Waals surface area contributed by atoms with E-state index in [1.807, 2.05) is 23.8 Å². The van der Waals surface area contributed by atoms with Gasteiger partial charge in [-0.15, -0.1) is 11.3 Å². The van der Waals surface area contributed by atoms with Crippen LogP contribution >= 0.6 is 23.1 Å². The second-order valence-corrected chi connectivity index (χ2v) is 7.05. The fourth-order valence-electron chi connectivity index (χ4n) is 2.12. The predicted octanol–water partition coefficient (Wildman–Crippen LogP) is 1.38. The Kier molecular flexibility index (Phi) is 7.20. The number of carbonyl (C=O) groups excluding carboxylic acids is 2. The van der Waals surface area contributed by atoms with Crippen molar-refractivity contribution in [3.05, 3.63) is 40.0 Å². The molecule has 25 heavy (non-hydrogen) atoms. The molecule has 2 rings (SSSR count). The Balaban J connectivity index is 2.10. The monoisotopic (exact) mass is 381 g/mol. The van der Waals surface area contributed by atoms with Gasteiger partial charge in [-0.2, -0.15) is 16.9 Å². The summed E-state index contributed by atoms with van der Waals surface area (Å²) in [5.41, 5.74) is 0.239. The number of nitrogens with zero attached hydrogens (tertiary/aromatic N) is 2. The molecule has 2 aromatic rings. The highest BCUT2D eigenvalue weighted by Crippen LogP contribution is 2.20. The summed E-state index contributed by atoms with van der Waals surface area (Å²) in [5.74, 6) is -0.268. The number of hydrogen-bond donors (Lipinski definition) is 1. The second kappa shape index (κ2) is 9.38. The number of aromatic nitrogens is 2. The predicted molar refractivity (Wildman–Crippen MR) is 98.8 cm³/mol. The van der Waals surface area contributed by atoms with Gasteiger partial charge in [0.2, 0.25) is 5.91 Å². The fraction of sp³-hybridized carbons (Fsp3) is 0.375. The average molecular weight is 381 g/mol. The summed E-state index contributed by atoms with van der Waals surface area (Å²) in [6.45, 7) is -0.259. The molecule has 0 unspecified atom stereocenters. The molecule has 2 aromatic heterocycles. The van der Waals surface area contributed by atoms with E-state index in [1.165, 1.54) is 24.5 Å². The largest absolute Gasteiger partial charge is 0.467 e. The number of methoxy groups -OCH3 is 1. The van der Waals surface area contributed by atoms with Crippen molar-refractivity contribution in [3.8, 4) is 10.6 Å². The molecule has 9 heteroatoms. The number of rotatable bonds is 8. The third kappa shape index (κ3) is 5.43. The summed E-state index contributed by atoms with van der Waals surface area (Å²) in [7, 11) is 1.27. The van der Waals surface area contributed by atoms with Crippen LogP contribution in [-0.4, -0.2) is 46.8 Å². The lowest BCUT2D eigenvalue weighted by Gasteiger charge is -2.16. The van der Waals surface area contributed by atoms with Crippen molar-refractivity contribution in [3.63, 3.8) is 0 Å². The number of carbonyl (C=O) groups is 2. The molecule has 0 spiro atoms. The maximum Gasteiger partial charge on any atom is 0.328 e. The molecule has 1 amide bonds. The molecule has 0 saturated heterocycles. The standard InChI is InChI=1S/C16H19N3O4S2/c1-23-16(22)12(7-9-24-2)17-14(20)10-19-15(21)6-5-11(18-19)13-4-3-8-25-13/h3-6,8,12H,7,9-10H2,1-2H3,(H,17,20)/t12-/m0/s1. The molecular weight excluding hydrogens is 362 g/mol. The number of esters is 1. The number of amides is 1. The highest BCUT2D eigenvalue weighted by atomic mass is 32.2. The number of thioether (sulfide) groups is 1. The molecule has 0 aliphatic heterocycles. The van der Waals surface area contributed by atoms with Crippen molar-refractivity contribution in [2.24, 2.45) is 0 Å². The van der Waals surface area contributed by atoms with Crippen LogP contribution in [0.25, 0.3) is 10.6 Å². The molecule has 0 aliphatic carbocycles. The van der Waals surface area contributed by atoms with Crippen LogP contribution in [0.1, 0.15) is 6.42 Å². The number of nitrogens with one attached hydrogen (secondary N) is 1. The summed E-state index contributed by atoms with van der Waals surface area (Å²) >= 11 is 3.06. The minimum Gasteiger partial charge on any atom is -0.467 e. The Morgan fingerprint density at radius 3 is 2.84 bits per heavy atom. The normalized spacial score (nSPS) is 11.8. The smallest absolute Gasteiger partial charge is 0.328 e. The zero-order chi connectivity index (χ0) is 18.2. The SMILES string of the molecule is COC(=O)[C@H](CCSC)NC(=O)Cn1nc(-c2cccs2)ccc1=O. The average Bonchev–Trinajstić information content (AvgIpc) is 3.14. The first-order chi connectivity index (χ1) is 12.0. The minimum absolute atomic E-state index is 0.259. The van der Waals surface area contributed by atoms with Gasteiger partial charge in [-0.05, 0) is 35.9 Å². The first-order valence-electron chi connectivity index (χ1n) is 7.53. The van der Waals surface area contributed by atoms with E-state index >= 15 is 0 Å². The van der Waals surface area contributed by atoms with E-state index in [0.29, 0.717) is 17.9 Å². The second-order valence-electron chi connectivity index (χ2n) is 5.12. The minimum atomic E-state index is -0.735. The van der Waals surface area contributed by atoms with Gasteiger partial charge in [0, 0.05) is 6.07 Å². The van der Waals surface area contributed by atoms with Crippen molar-refractivity contribution >= 4 is 35.0 Å². The van der Waals surface area contributed by atoms with Gasteiger partial charge < -0.3 is 10.1 Å². The molecule has 0 radical (unpaired) electrons. The Morgan fingerprint density at radius 2 is 2.20 bits per heavy atom. The number of hydrogen-bond acceptors (Lipinski definition) is 7. The van der Waals surface area contributed by atoms with Crippen LogP contribution in [0, 0.1) is 0 Å². The van der Waals surface area contributed by atoms with Crippen molar-refractivity contribution in [2.45, 2.75) is 19.0 Å². The van der Waals surface area contributed by atoms with Gasteiger partial charge in [-0.1, -0.05) is 6.07 Å². The van der Waals surface area contributed by atoms with E-state index in [4.69, 9.17) is 4.74 Å². The third-order valence-corrected chi connectivity index (χ3v) is 4.90. The molecule has 0 bridgehead atoms. The molecule has 0 aromatic carbocycles. The number of thiophene rings is 1. The first-order valence-corrected chi connectivity index (χ1v) is 9.80. The van der Waals surface area contributed by atoms with Gasteiger partial charge in [0.15, 0.2) is 0 Å². The summed E-state index contributed by atoms with van der Waals surface area (Å²) in [4.78, 5) is 36.8. The summed E-state index contributed by atoms with van der Waals surface area (Å²) in [6.07, 6.45) is 2.37. The van der Waals surface area contributed by atoms with Crippen LogP contribution < -0.4 is 10.9 Å². The van der Waals surface area contributed by atoms with Crippen LogP contribution in [0.4, 0.5) is 0 Å². The van der Waals surface area contributed by atoms with Crippen molar-refractivity contribution in [2.75, 3.05) is 19.1 Å². The summed E-state index contributed by atoms with van der Waals surface area (Å²) in [5, 5.41) is 8.74. The Morgan fingerprint density at radius 1 is 1.40 bits per heavy atom. The van der Waals surface area contributed by atoms with Crippen LogP contribution in [0.2, 0.25) is 0 Å². The first kappa shape index (κ1) is 19.2. The van der Waals surface area contributed by atoms with Crippen LogP contribution in [0.15, 0.2) is 34.4 Å². The van der Waals surface area contributed by atoms with Gasteiger partial charge >= 0.3 is 5.97 Å². The highest BCUT2D eigenvalue weighted by Gasteiger charge is 2.21. The van der Waals surface area contributed by atoms with E-state index in [1.54, 1.807) is 17.8 Å². The zero-order valence-corrected chi connectivity index (χ0v) is 15.6. The van der Waals surface area contributed by atoms with Crippen LogP contribution in [-0.2, 0) is 20.9 Å². The molecular formula is C16H19N3O4S2. The van der Waals surface area contributed by atoms with E-state index in [9.17, 15) is 14.4 Å². The van der Waals surface area contributed by atoms with Crippen molar-refractivity contribution in [1.29, 1.82) is 0 Å². The molecule has 0 aliphatic rings. The Hall–Kier alpha value is -2.13. The molecule has 0 fully saturated rings. The van der Waals surface area contributed by atoms with E-state index < -0.39 is 17.9 Å². The summed E-state index contributed by atoms with van der Waals surface area (Å²) in [6, 6.07) is 6.04. The maximum atomic E-state index is 12.2. The Labute approximate surface area is 153 Å². The molecule has 7 nitrogen and oxygen atoms in total. The molecule has 134 valence electrons. The lowest BCUT2D eigenvalue weighted by Crippen LogP contribution is -2.44. The molecule has 0 saturated carbocycles. The van der Waals surface area contributed by atoms with Crippen LogP contribution in [0.3, 0.4) is 0 Å². The third-order valence-electron chi connectivity index (χ3n) is 3.37. The lowest BCUT2D eigenvalue weighted by molar-refractivity contribution is -0.145. The molecule has 1 N–H and O–H groups in total. The zero-order valence-electron chi connectivity index (χ0n) is 13.9. The maximum absolute atomic E-state index is 12.2. The molecule has 2 heterocycles. The van der Waals surface area contributed by atoms with Crippen LogP contribution in [0.5, 0.6) is 0 Å². The topological polar surface area (TPSA) is 90.3 Å². The van der Waals surface area contributed by atoms with Crippen molar-refractivity contribution in [1.82, 2.24) is 15.1 Å². The van der Waals surface area contributed by atoms with E-state index in [-0.39, 0.29) is 12.1 Å². The Bertz CT molecular complexity index is 774. The van der Waals surface area contributed by atoms with Crippen molar-refractivity contribution < 1.29 is 14.3 Å². The summed E-state index contributed by atoms with van der Waals surface area (Å²) < 4.78 is 5.80.